The minimum atomic E-state index is -1.05. The lowest BCUT2D eigenvalue weighted by Gasteiger charge is -2.44. The smallest absolute Gasteiger partial charge is 0.251 e. The number of methoxy groups -OCH3 is 1. The summed E-state index contributed by atoms with van der Waals surface area (Å²) < 4.78 is 24.9. The number of carbonyl (C=O) groups is 2. The van der Waals surface area contributed by atoms with Crippen molar-refractivity contribution in [2.45, 2.75) is 89.6 Å². The summed E-state index contributed by atoms with van der Waals surface area (Å²) >= 11 is 0. The summed E-state index contributed by atoms with van der Waals surface area (Å²) in [6.07, 6.45) is 4.91. The van der Waals surface area contributed by atoms with Gasteiger partial charge in [-0.1, -0.05) is 19.4 Å². The van der Waals surface area contributed by atoms with Gasteiger partial charge in [-0.2, -0.15) is 0 Å². The molecule has 2 fully saturated rings. The third-order valence-corrected chi connectivity index (χ3v) is 8.45. The molecule has 0 aromatic carbocycles. The number of fused-ring (bicyclic) bond motifs is 1. The summed E-state index contributed by atoms with van der Waals surface area (Å²) in [7, 11) is 1.54. The SMILES string of the molecule is CCC12C=C(C)[C@@H]3[C@H](C)[C@H](O[C@H]4CC[C@@H](O)[C@@H](C)O4)C4=CC(=O)C=C(O1)C43NC(=O)/C(C)=C\2OC. The third-order valence-electron chi connectivity index (χ3n) is 8.45. The Hall–Kier alpha value is -2.42. The molecule has 8 atom stereocenters. The topological polar surface area (TPSA) is 103 Å². The minimum absolute atomic E-state index is 0.0986. The van der Waals surface area contributed by atoms with E-state index >= 15 is 0 Å². The quantitative estimate of drug-likeness (QED) is 0.590. The lowest BCUT2D eigenvalue weighted by Crippen LogP contribution is -2.58. The predicted molar refractivity (Wildman–Crippen MR) is 127 cm³/mol. The van der Waals surface area contributed by atoms with Crippen molar-refractivity contribution in [1.29, 1.82) is 0 Å². The lowest BCUT2D eigenvalue weighted by atomic mass is 9.74. The number of ether oxygens (including phenoxy) is 4. The number of hydrogen-bond donors (Lipinski definition) is 2. The van der Waals surface area contributed by atoms with E-state index in [9.17, 15) is 14.7 Å². The first-order valence-corrected chi connectivity index (χ1v) is 12.5. The van der Waals surface area contributed by atoms with Crippen LogP contribution in [0, 0.1) is 11.8 Å². The molecule has 3 aliphatic heterocycles. The van der Waals surface area contributed by atoms with Crippen LogP contribution in [-0.2, 0) is 28.5 Å². The van der Waals surface area contributed by atoms with E-state index in [0.29, 0.717) is 41.9 Å². The van der Waals surface area contributed by atoms with Crippen LogP contribution in [0.4, 0.5) is 0 Å². The average molecular weight is 486 g/mol. The van der Waals surface area contributed by atoms with Crippen molar-refractivity contribution < 1.29 is 33.6 Å². The molecule has 2 bridgehead atoms. The van der Waals surface area contributed by atoms with Gasteiger partial charge in [0, 0.05) is 18.4 Å². The van der Waals surface area contributed by atoms with Crippen molar-refractivity contribution in [3.05, 3.63) is 46.5 Å². The van der Waals surface area contributed by atoms with Gasteiger partial charge in [-0.3, -0.25) is 9.59 Å². The molecule has 0 aromatic heterocycles. The van der Waals surface area contributed by atoms with Gasteiger partial charge in [-0.25, -0.2) is 0 Å². The number of carbonyl (C=O) groups excluding carboxylic acids is 2. The Kier molecular flexibility index (Phi) is 5.77. The largest absolute Gasteiger partial charge is 0.496 e. The van der Waals surface area contributed by atoms with Gasteiger partial charge < -0.3 is 29.4 Å². The van der Waals surface area contributed by atoms with Gasteiger partial charge in [0.2, 0.25) is 0 Å². The van der Waals surface area contributed by atoms with Gasteiger partial charge in [0.15, 0.2) is 23.4 Å². The number of hydrogen-bond acceptors (Lipinski definition) is 7. The number of aliphatic hydroxyl groups is 1. The molecule has 3 heterocycles. The van der Waals surface area contributed by atoms with Crippen molar-refractivity contribution >= 4 is 11.7 Å². The summed E-state index contributed by atoms with van der Waals surface area (Å²) in [6, 6.07) is 0. The van der Waals surface area contributed by atoms with Gasteiger partial charge in [0.05, 0.1) is 31.0 Å². The monoisotopic (exact) mass is 485 g/mol. The first kappa shape index (κ1) is 24.3. The Labute approximate surface area is 206 Å². The molecule has 190 valence electrons. The number of nitrogens with one attached hydrogen (secondary N) is 1. The van der Waals surface area contributed by atoms with E-state index in [4.69, 9.17) is 18.9 Å². The Morgan fingerprint density at radius 2 is 1.94 bits per heavy atom. The highest BCUT2D eigenvalue weighted by molar-refractivity contribution is 6.04. The highest BCUT2D eigenvalue weighted by Crippen LogP contribution is 2.58. The van der Waals surface area contributed by atoms with E-state index in [1.165, 1.54) is 6.08 Å². The zero-order valence-electron chi connectivity index (χ0n) is 21.2. The van der Waals surface area contributed by atoms with E-state index in [-0.39, 0.29) is 29.6 Å². The maximum atomic E-state index is 13.6. The summed E-state index contributed by atoms with van der Waals surface area (Å²) in [4.78, 5) is 26.6. The average Bonchev–Trinajstić information content (AvgIpc) is 2.97. The van der Waals surface area contributed by atoms with Crippen molar-refractivity contribution in [2.24, 2.45) is 11.8 Å². The number of amides is 1. The van der Waals surface area contributed by atoms with Gasteiger partial charge in [-0.15, -0.1) is 0 Å². The summed E-state index contributed by atoms with van der Waals surface area (Å²) in [6.45, 7) is 9.68. The van der Waals surface area contributed by atoms with Gasteiger partial charge in [0.25, 0.3) is 5.91 Å². The zero-order chi connectivity index (χ0) is 25.3. The molecule has 5 rings (SSSR count). The summed E-state index contributed by atoms with van der Waals surface area (Å²) in [5.74, 6) is 0.0891. The van der Waals surface area contributed by atoms with Crippen LogP contribution in [0.15, 0.2) is 46.5 Å². The molecule has 1 saturated heterocycles. The fourth-order valence-corrected chi connectivity index (χ4v) is 6.81. The second kappa shape index (κ2) is 8.32. The summed E-state index contributed by atoms with van der Waals surface area (Å²) in [5, 5.41) is 13.3. The maximum Gasteiger partial charge on any atom is 0.251 e. The molecule has 1 saturated carbocycles. The zero-order valence-corrected chi connectivity index (χ0v) is 21.2. The van der Waals surface area contributed by atoms with E-state index in [1.54, 1.807) is 20.1 Å². The number of rotatable bonds is 4. The molecule has 0 radical (unpaired) electrons. The van der Waals surface area contributed by atoms with Crippen molar-refractivity contribution in [2.75, 3.05) is 7.11 Å². The molecule has 35 heavy (non-hydrogen) atoms. The Bertz CT molecular complexity index is 1090. The molecule has 1 spiro atoms. The fraction of sp³-hybridized carbons (Fsp3) is 0.630. The van der Waals surface area contributed by atoms with Crippen molar-refractivity contribution in [3.63, 3.8) is 0 Å². The highest BCUT2D eigenvalue weighted by atomic mass is 16.7. The Morgan fingerprint density at radius 3 is 2.60 bits per heavy atom. The van der Waals surface area contributed by atoms with Gasteiger partial charge >= 0.3 is 0 Å². The molecule has 1 amide bonds. The number of allylic oxidation sites excluding steroid dienone is 2. The first-order chi connectivity index (χ1) is 16.6. The molecule has 5 aliphatic rings. The standard InChI is InChI=1S/C27H35NO7/c1-7-26-12-13(2)22-14(3)23(34-21-9-8-19(30)16(5)33-21)18-10-17(29)11-20(35-26)27(18,22)28-25(31)15(4)24(26)32-6/h10-12,14,16,19,21-23,30H,7-9H2,1-6H3,(H,28,31)/b24-15+/t14-,16+,19+,21-,22+,23-,26?,27?/m0/s1. The minimum Gasteiger partial charge on any atom is -0.496 e. The molecule has 2 unspecified atom stereocenters. The Morgan fingerprint density at radius 1 is 1.20 bits per heavy atom. The van der Waals surface area contributed by atoms with Gasteiger partial charge in [0.1, 0.15) is 11.3 Å². The summed E-state index contributed by atoms with van der Waals surface area (Å²) in [5.41, 5.74) is 0.112. The molecule has 0 aromatic rings. The van der Waals surface area contributed by atoms with Crippen LogP contribution in [0.3, 0.4) is 0 Å². The molecular weight excluding hydrogens is 450 g/mol. The molecular formula is C27H35NO7. The van der Waals surface area contributed by atoms with E-state index in [0.717, 1.165) is 5.57 Å². The lowest BCUT2D eigenvalue weighted by molar-refractivity contribution is -0.233. The fourth-order valence-electron chi connectivity index (χ4n) is 6.81. The van der Waals surface area contributed by atoms with Crippen LogP contribution in [0.1, 0.15) is 53.9 Å². The van der Waals surface area contributed by atoms with Crippen molar-refractivity contribution in [3.8, 4) is 0 Å². The van der Waals surface area contributed by atoms with Crippen LogP contribution < -0.4 is 5.32 Å². The first-order valence-electron chi connectivity index (χ1n) is 12.5. The van der Waals surface area contributed by atoms with E-state index in [1.807, 2.05) is 20.8 Å². The molecule has 2 N–H and O–H groups in total. The number of aliphatic hydroxyl groups excluding tert-OH is 1. The Balaban J connectivity index is 1.66. The molecule has 2 aliphatic carbocycles. The van der Waals surface area contributed by atoms with E-state index in [2.05, 4.69) is 18.3 Å². The van der Waals surface area contributed by atoms with Crippen LogP contribution in [0.25, 0.3) is 0 Å². The second-order valence-electron chi connectivity index (χ2n) is 10.5. The van der Waals surface area contributed by atoms with Crippen molar-refractivity contribution in [1.82, 2.24) is 5.32 Å². The maximum absolute atomic E-state index is 13.6. The van der Waals surface area contributed by atoms with Crippen LogP contribution in [0.5, 0.6) is 0 Å². The van der Waals surface area contributed by atoms with Crippen LogP contribution in [0.2, 0.25) is 0 Å². The third kappa shape index (κ3) is 3.37. The van der Waals surface area contributed by atoms with Gasteiger partial charge in [-0.05, 0) is 57.3 Å². The highest BCUT2D eigenvalue weighted by Gasteiger charge is 2.65. The molecule has 8 heteroatoms. The predicted octanol–water partition coefficient (Wildman–Crippen LogP) is 2.83. The van der Waals surface area contributed by atoms with E-state index < -0.39 is 29.6 Å². The molecule has 8 nitrogen and oxygen atoms in total. The second-order valence-corrected chi connectivity index (χ2v) is 10.5. The van der Waals surface area contributed by atoms with Crippen LogP contribution >= 0.6 is 0 Å². The normalized spacial score (nSPS) is 44.7. The number of ketones is 1. The van der Waals surface area contributed by atoms with Crippen LogP contribution in [-0.4, -0.2) is 59.6 Å².